The van der Waals surface area contributed by atoms with E-state index >= 15 is 0 Å². The third-order valence-electron chi connectivity index (χ3n) is 6.71. The van der Waals surface area contributed by atoms with E-state index in [1.807, 2.05) is 12.1 Å². The van der Waals surface area contributed by atoms with Crippen LogP contribution in [0.3, 0.4) is 0 Å². The quantitative estimate of drug-likeness (QED) is 0.617. The van der Waals surface area contributed by atoms with Crippen LogP contribution in [0.5, 0.6) is 0 Å². The number of rotatable bonds is 4. The van der Waals surface area contributed by atoms with Crippen molar-refractivity contribution in [2.75, 3.05) is 41.8 Å². The van der Waals surface area contributed by atoms with Gasteiger partial charge in [-0.15, -0.1) is 0 Å². The Hall–Kier alpha value is -3.59. The molecule has 0 atom stereocenters. The number of amides is 1. The van der Waals surface area contributed by atoms with Crippen molar-refractivity contribution in [3.05, 3.63) is 59.8 Å². The minimum atomic E-state index is -0.724. The van der Waals surface area contributed by atoms with Crippen LogP contribution in [0.2, 0.25) is 0 Å². The number of fused-ring (bicyclic) bond motifs is 1. The van der Waals surface area contributed by atoms with Gasteiger partial charge in [0.1, 0.15) is 28.8 Å². The molecule has 2 saturated heterocycles. The van der Waals surface area contributed by atoms with Crippen molar-refractivity contribution >= 4 is 28.9 Å². The van der Waals surface area contributed by atoms with E-state index in [9.17, 15) is 13.6 Å². The first kappa shape index (κ1) is 20.0. The molecule has 0 unspecified atom stereocenters. The number of carbonyl (C=O) groups is 1. The summed E-state index contributed by atoms with van der Waals surface area (Å²) in [6, 6.07) is 8.93. The lowest BCUT2D eigenvalue weighted by Crippen LogP contribution is -2.50. The molecule has 3 aliphatic heterocycles. The molecule has 3 aliphatic rings. The zero-order valence-electron chi connectivity index (χ0n) is 17.7. The summed E-state index contributed by atoms with van der Waals surface area (Å²) < 4.78 is 34.0. The second-order valence-electron chi connectivity index (χ2n) is 8.84. The highest BCUT2D eigenvalue weighted by Crippen LogP contribution is 2.40. The van der Waals surface area contributed by atoms with Gasteiger partial charge in [-0.3, -0.25) is 4.79 Å². The van der Waals surface area contributed by atoms with Gasteiger partial charge in [-0.2, -0.15) is 0 Å². The number of pyridine rings is 2. The molecule has 0 aliphatic carbocycles. The smallest absolute Gasteiger partial charge is 0.262 e. The number of nitrogens with zero attached hydrogens (tertiary/aromatic N) is 3. The van der Waals surface area contributed by atoms with Crippen LogP contribution in [-0.2, 0) is 4.74 Å². The molecule has 7 nitrogen and oxygen atoms in total. The molecular formula is C24H21F2N5O2. The summed E-state index contributed by atoms with van der Waals surface area (Å²) >= 11 is 0. The number of benzene rings is 1. The summed E-state index contributed by atoms with van der Waals surface area (Å²) in [6.45, 7) is 3.66. The monoisotopic (exact) mass is 449 g/mol. The zero-order valence-corrected chi connectivity index (χ0v) is 17.7. The highest BCUT2D eigenvalue weighted by molar-refractivity contribution is 6.21. The summed E-state index contributed by atoms with van der Waals surface area (Å²) in [6.07, 6.45) is 4.02. The summed E-state index contributed by atoms with van der Waals surface area (Å²) in [5.74, 6) is -0.954. The Bertz CT molecular complexity index is 1230. The Morgan fingerprint density at radius 2 is 1.82 bits per heavy atom. The van der Waals surface area contributed by atoms with E-state index in [1.54, 1.807) is 6.20 Å². The lowest BCUT2D eigenvalue weighted by atomic mass is 9.77. The molecule has 5 heterocycles. The second kappa shape index (κ2) is 7.48. The first-order chi connectivity index (χ1) is 16.0. The number of anilines is 4. The molecular weight excluding hydrogens is 428 g/mol. The van der Waals surface area contributed by atoms with Crippen LogP contribution in [0.4, 0.5) is 31.8 Å². The molecule has 168 valence electrons. The Kier molecular flexibility index (Phi) is 4.55. The number of nitrogens with one attached hydrogen (secondary N) is 2. The second-order valence-corrected chi connectivity index (χ2v) is 8.84. The SMILES string of the molecule is O=C1Nc2nc(-c3c(F)cccc3F)cc(Nc3ccc(N4CCC5(CC4)COC5)cn3)c21. The Morgan fingerprint density at radius 3 is 2.42 bits per heavy atom. The van der Waals surface area contributed by atoms with Gasteiger partial charge in [-0.25, -0.2) is 18.7 Å². The molecule has 0 saturated carbocycles. The molecule has 6 rings (SSSR count). The highest BCUT2D eigenvalue weighted by atomic mass is 19.1. The van der Waals surface area contributed by atoms with Gasteiger partial charge in [0, 0.05) is 18.5 Å². The lowest BCUT2D eigenvalue weighted by molar-refractivity contribution is -0.124. The van der Waals surface area contributed by atoms with E-state index in [0.29, 0.717) is 22.5 Å². The fraction of sp³-hybridized carbons (Fsp3) is 0.292. The molecule has 1 spiro atoms. The standard InChI is InChI=1S/C24H21F2N5O2/c25-15-2-1-3-16(26)20(15)17-10-18(21-22(29-17)30-23(21)32)28-19-5-4-14(11-27-19)31-8-6-24(7-9-31)12-33-13-24/h1-5,10-11H,6-9,12-13H2,(H2,27,28,29,30,32). The van der Waals surface area contributed by atoms with Crippen LogP contribution in [0, 0.1) is 17.0 Å². The topological polar surface area (TPSA) is 79.4 Å². The summed E-state index contributed by atoms with van der Waals surface area (Å²) in [7, 11) is 0. The van der Waals surface area contributed by atoms with Crippen molar-refractivity contribution < 1.29 is 18.3 Å². The van der Waals surface area contributed by atoms with Gasteiger partial charge in [0.2, 0.25) is 0 Å². The Morgan fingerprint density at radius 1 is 1.06 bits per heavy atom. The highest BCUT2D eigenvalue weighted by Gasteiger charge is 2.41. The van der Waals surface area contributed by atoms with Gasteiger partial charge in [0.15, 0.2) is 0 Å². The first-order valence-corrected chi connectivity index (χ1v) is 10.9. The molecule has 3 aromatic rings. The average Bonchev–Trinajstić information content (AvgIpc) is 2.78. The molecule has 9 heteroatoms. The molecule has 1 aromatic carbocycles. The molecule has 33 heavy (non-hydrogen) atoms. The largest absolute Gasteiger partial charge is 0.380 e. The van der Waals surface area contributed by atoms with Crippen LogP contribution in [0.15, 0.2) is 42.6 Å². The number of aromatic nitrogens is 2. The predicted octanol–water partition coefficient (Wildman–Crippen LogP) is 4.35. The number of piperidine rings is 1. The maximum atomic E-state index is 14.3. The zero-order chi connectivity index (χ0) is 22.6. The molecule has 0 radical (unpaired) electrons. The summed E-state index contributed by atoms with van der Waals surface area (Å²) in [5.41, 5.74) is 1.98. The predicted molar refractivity (Wildman–Crippen MR) is 120 cm³/mol. The van der Waals surface area contributed by atoms with Gasteiger partial charge in [-0.1, -0.05) is 6.07 Å². The fourth-order valence-corrected chi connectivity index (χ4v) is 4.65. The van der Waals surface area contributed by atoms with E-state index in [0.717, 1.165) is 44.8 Å². The first-order valence-electron chi connectivity index (χ1n) is 10.9. The van der Waals surface area contributed by atoms with Crippen molar-refractivity contribution in [1.82, 2.24) is 9.97 Å². The van der Waals surface area contributed by atoms with E-state index in [-0.39, 0.29) is 23.0 Å². The van der Waals surface area contributed by atoms with Crippen molar-refractivity contribution in [3.63, 3.8) is 0 Å². The van der Waals surface area contributed by atoms with Crippen molar-refractivity contribution in [2.24, 2.45) is 5.41 Å². The van der Waals surface area contributed by atoms with Gasteiger partial charge >= 0.3 is 0 Å². The Labute approximate surface area is 188 Å². The third-order valence-corrected chi connectivity index (χ3v) is 6.71. The van der Waals surface area contributed by atoms with E-state index in [1.165, 1.54) is 24.3 Å². The Balaban J connectivity index is 1.25. The number of hydrogen-bond donors (Lipinski definition) is 2. The number of hydrogen-bond acceptors (Lipinski definition) is 6. The van der Waals surface area contributed by atoms with Gasteiger partial charge in [0.25, 0.3) is 5.91 Å². The lowest BCUT2D eigenvalue weighted by Gasteiger charge is -2.47. The van der Waals surface area contributed by atoms with Crippen molar-refractivity contribution in [3.8, 4) is 11.3 Å². The maximum Gasteiger partial charge on any atom is 0.262 e. The molecule has 1 amide bonds. The normalized spacial score (nSPS) is 18.2. The fourth-order valence-electron chi connectivity index (χ4n) is 4.65. The number of halogens is 2. The maximum absolute atomic E-state index is 14.3. The minimum absolute atomic E-state index is 0.0886. The van der Waals surface area contributed by atoms with Gasteiger partial charge in [0.05, 0.1) is 42.0 Å². The number of ether oxygens (including phenoxy) is 1. The van der Waals surface area contributed by atoms with Gasteiger partial charge < -0.3 is 20.3 Å². The van der Waals surface area contributed by atoms with E-state index < -0.39 is 11.6 Å². The summed E-state index contributed by atoms with van der Waals surface area (Å²) in [5, 5.41) is 5.67. The van der Waals surface area contributed by atoms with Crippen LogP contribution < -0.4 is 15.5 Å². The van der Waals surface area contributed by atoms with Crippen molar-refractivity contribution in [1.29, 1.82) is 0 Å². The van der Waals surface area contributed by atoms with E-state index in [4.69, 9.17) is 4.74 Å². The van der Waals surface area contributed by atoms with Crippen LogP contribution in [0.25, 0.3) is 11.3 Å². The molecule has 0 bridgehead atoms. The summed E-state index contributed by atoms with van der Waals surface area (Å²) in [4.78, 5) is 23.1. The average molecular weight is 449 g/mol. The van der Waals surface area contributed by atoms with Crippen LogP contribution >= 0.6 is 0 Å². The third kappa shape index (κ3) is 3.39. The minimum Gasteiger partial charge on any atom is -0.380 e. The molecule has 2 aromatic heterocycles. The molecule has 2 fully saturated rings. The van der Waals surface area contributed by atoms with Gasteiger partial charge in [-0.05, 0) is 43.2 Å². The number of carbonyl (C=O) groups excluding carboxylic acids is 1. The van der Waals surface area contributed by atoms with Crippen molar-refractivity contribution in [2.45, 2.75) is 12.8 Å². The molecule has 2 N–H and O–H groups in total. The van der Waals surface area contributed by atoms with Crippen LogP contribution in [0.1, 0.15) is 23.2 Å². The van der Waals surface area contributed by atoms with Crippen LogP contribution in [-0.4, -0.2) is 42.2 Å². The van der Waals surface area contributed by atoms with E-state index in [2.05, 4.69) is 25.5 Å².